The van der Waals surface area contributed by atoms with Crippen LogP contribution in [0.1, 0.15) is 38.2 Å². The molecule has 5 heteroatoms. The molecule has 0 radical (unpaired) electrons. The molecule has 0 spiro atoms. The van der Waals surface area contributed by atoms with Crippen LogP contribution in [0.5, 0.6) is 0 Å². The summed E-state index contributed by atoms with van der Waals surface area (Å²) in [5, 5.41) is 3.33. The largest absolute Gasteiger partial charge is 0.385 e. The van der Waals surface area contributed by atoms with E-state index in [2.05, 4.69) is 12.2 Å². The second-order valence-corrected chi connectivity index (χ2v) is 8.09. The fraction of sp³-hybridized carbons (Fsp3) is 0.625. The van der Waals surface area contributed by atoms with Crippen LogP contribution in [0.2, 0.25) is 0 Å². The Morgan fingerprint density at radius 3 is 3.05 bits per heavy atom. The van der Waals surface area contributed by atoms with E-state index in [9.17, 15) is 8.42 Å². The highest BCUT2D eigenvalue weighted by Gasteiger charge is 2.32. The van der Waals surface area contributed by atoms with Crippen LogP contribution in [0.4, 0.5) is 5.69 Å². The summed E-state index contributed by atoms with van der Waals surface area (Å²) >= 11 is 0. The normalized spacial score (nSPS) is 22.8. The van der Waals surface area contributed by atoms with Gasteiger partial charge in [-0.05, 0) is 55.4 Å². The lowest BCUT2D eigenvalue weighted by molar-refractivity contribution is 0.444. The Morgan fingerprint density at radius 1 is 1.38 bits per heavy atom. The minimum atomic E-state index is -3.32. The van der Waals surface area contributed by atoms with Crippen molar-refractivity contribution in [3.63, 3.8) is 0 Å². The molecule has 1 N–H and O–H groups in total. The van der Waals surface area contributed by atoms with Crippen molar-refractivity contribution < 1.29 is 8.42 Å². The Kier molecular flexibility index (Phi) is 4.22. The molecule has 0 aromatic heterocycles. The molecular formula is C16H24N2O2S. The van der Waals surface area contributed by atoms with Gasteiger partial charge in [-0.3, -0.25) is 0 Å². The SMILES string of the molecule is CCCC1CCN(S(=O)(=O)c2ccc3c(c2)CCCN3)C1. The third-order valence-corrected chi connectivity index (χ3v) is 6.46. The second-order valence-electron chi connectivity index (χ2n) is 6.16. The molecule has 2 heterocycles. The van der Waals surface area contributed by atoms with Crippen molar-refractivity contribution in [2.75, 3.05) is 25.0 Å². The highest BCUT2D eigenvalue weighted by Crippen LogP contribution is 2.30. The summed E-state index contributed by atoms with van der Waals surface area (Å²) in [6, 6.07) is 5.53. The highest BCUT2D eigenvalue weighted by molar-refractivity contribution is 7.89. The molecule has 1 unspecified atom stereocenters. The van der Waals surface area contributed by atoms with E-state index in [1.165, 1.54) is 0 Å². The van der Waals surface area contributed by atoms with Crippen LogP contribution < -0.4 is 5.32 Å². The monoisotopic (exact) mass is 308 g/mol. The number of hydrogen-bond acceptors (Lipinski definition) is 3. The summed E-state index contributed by atoms with van der Waals surface area (Å²) in [6.45, 7) is 4.49. The average Bonchev–Trinajstić information content (AvgIpc) is 2.96. The van der Waals surface area contributed by atoms with Gasteiger partial charge in [-0.2, -0.15) is 4.31 Å². The number of aryl methyl sites for hydroxylation is 1. The van der Waals surface area contributed by atoms with E-state index >= 15 is 0 Å². The Bertz CT molecular complexity index is 613. The van der Waals surface area contributed by atoms with Gasteiger partial charge in [0.1, 0.15) is 0 Å². The molecule has 116 valence electrons. The maximum atomic E-state index is 12.8. The molecule has 1 aromatic rings. The molecule has 4 nitrogen and oxygen atoms in total. The molecule has 0 amide bonds. The first kappa shape index (κ1) is 14.9. The highest BCUT2D eigenvalue weighted by atomic mass is 32.2. The third-order valence-electron chi connectivity index (χ3n) is 4.60. The number of hydrogen-bond donors (Lipinski definition) is 1. The van der Waals surface area contributed by atoms with Crippen molar-refractivity contribution >= 4 is 15.7 Å². The maximum absolute atomic E-state index is 12.8. The molecule has 0 saturated carbocycles. The van der Waals surface area contributed by atoms with Crippen molar-refractivity contribution in [1.82, 2.24) is 4.31 Å². The van der Waals surface area contributed by atoms with Crippen molar-refractivity contribution in [1.29, 1.82) is 0 Å². The molecule has 1 saturated heterocycles. The van der Waals surface area contributed by atoms with Crippen LogP contribution in [0.25, 0.3) is 0 Å². The van der Waals surface area contributed by atoms with Gasteiger partial charge in [0, 0.05) is 25.3 Å². The summed E-state index contributed by atoms with van der Waals surface area (Å²) in [7, 11) is -3.32. The second kappa shape index (κ2) is 5.97. The first-order valence-corrected chi connectivity index (χ1v) is 9.42. The van der Waals surface area contributed by atoms with Crippen LogP contribution in [-0.2, 0) is 16.4 Å². The number of benzene rings is 1. The van der Waals surface area contributed by atoms with E-state index in [1.807, 2.05) is 12.1 Å². The van der Waals surface area contributed by atoms with Gasteiger partial charge < -0.3 is 5.32 Å². The summed E-state index contributed by atoms with van der Waals surface area (Å²) in [4.78, 5) is 0.460. The lowest BCUT2D eigenvalue weighted by Gasteiger charge is -2.21. The quantitative estimate of drug-likeness (QED) is 0.930. The Hall–Kier alpha value is -1.07. The van der Waals surface area contributed by atoms with Gasteiger partial charge in [0.2, 0.25) is 10.0 Å². The maximum Gasteiger partial charge on any atom is 0.243 e. The van der Waals surface area contributed by atoms with Gasteiger partial charge in [0.25, 0.3) is 0 Å². The average molecular weight is 308 g/mol. The first-order chi connectivity index (χ1) is 10.1. The van der Waals surface area contributed by atoms with E-state index in [4.69, 9.17) is 0 Å². The van der Waals surface area contributed by atoms with Gasteiger partial charge in [0.05, 0.1) is 4.90 Å². The summed E-state index contributed by atoms with van der Waals surface area (Å²) in [6.07, 6.45) is 5.28. The zero-order chi connectivity index (χ0) is 14.9. The van der Waals surface area contributed by atoms with Crippen LogP contribution in [0.15, 0.2) is 23.1 Å². The number of anilines is 1. The number of fused-ring (bicyclic) bond motifs is 1. The fourth-order valence-electron chi connectivity index (χ4n) is 3.42. The predicted molar refractivity (Wildman–Crippen MR) is 85.0 cm³/mol. The molecule has 21 heavy (non-hydrogen) atoms. The number of sulfonamides is 1. The smallest absolute Gasteiger partial charge is 0.243 e. The molecule has 3 rings (SSSR count). The van der Waals surface area contributed by atoms with Gasteiger partial charge in [0.15, 0.2) is 0 Å². The zero-order valence-electron chi connectivity index (χ0n) is 12.6. The Labute approximate surface area is 127 Å². The third kappa shape index (κ3) is 2.94. The molecule has 0 aliphatic carbocycles. The molecule has 1 fully saturated rings. The lowest BCUT2D eigenvalue weighted by Crippen LogP contribution is -2.29. The van der Waals surface area contributed by atoms with E-state index in [0.29, 0.717) is 23.9 Å². The number of nitrogens with zero attached hydrogens (tertiary/aromatic N) is 1. The minimum absolute atomic E-state index is 0.460. The Balaban J connectivity index is 1.82. The molecule has 2 aliphatic rings. The van der Waals surface area contributed by atoms with E-state index < -0.39 is 10.0 Å². The zero-order valence-corrected chi connectivity index (χ0v) is 13.5. The van der Waals surface area contributed by atoms with Crippen molar-refractivity contribution in [2.24, 2.45) is 5.92 Å². The van der Waals surface area contributed by atoms with Crippen LogP contribution in [0, 0.1) is 5.92 Å². The fourth-order valence-corrected chi connectivity index (χ4v) is 5.00. The summed E-state index contributed by atoms with van der Waals surface area (Å²) in [5.41, 5.74) is 2.22. The van der Waals surface area contributed by atoms with Crippen molar-refractivity contribution in [2.45, 2.75) is 43.9 Å². The molecular weight excluding hydrogens is 284 g/mol. The van der Waals surface area contributed by atoms with E-state index in [0.717, 1.165) is 49.9 Å². The van der Waals surface area contributed by atoms with E-state index in [1.54, 1.807) is 10.4 Å². The van der Waals surface area contributed by atoms with Gasteiger partial charge in [-0.25, -0.2) is 8.42 Å². The van der Waals surface area contributed by atoms with Crippen molar-refractivity contribution in [3.05, 3.63) is 23.8 Å². The summed E-state index contributed by atoms with van der Waals surface area (Å²) in [5.74, 6) is 0.532. The Morgan fingerprint density at radius 2 is 2.24 bits per heavy atom. The first-order valence-electron chi connectivity index (χ1n) is 7.98. The molecule has 2 aliphatic heterocycles. The number of nitrogens with one attached hydrogen (secondary N) is 1. The van der Waals surface area contributed by atoms with Crippen LogP contribution in [0.3, 0.4) is 0 Å². The van der Waals surface area contributed by atoms with Crippen molar-refractivity contribution in [3.8, 4) is 0 Å². The molecule has 1 aromatic carbocycles. The topological polar surface area (TPSA) is 49.4 Å². The van der Waals surface area contributed by atoms with Crippen LogP contribution in [-0.4, -0.2) is 32.4 Å². The minimum Gasteiger partial charge on any atom is -0.385 e. The standard InChI is InChI=1S/C16H24N2O2S/c1-2-4-13-8-10-18(12-13)21(19,20)15-6-7-16-14(11-15)5-3-9-17-16/h6-7,11,13,17H,2-5,8-10,12H2,1H3. The van der Waals surface area contributed by atoms with Gasteiger partial charge in [-0.1, -0.05) is 13.3 Å². The predicted octanol–water partition coefficient (Wildman–Crippen LogP) is 2.86. The van der Waals surface area contributed by atoms with Gasteiger partial charge >= 0.3 is 0 Å². The summed E-state index contributed by atoms with van der Waals surface area (Å²) < 4.78 is 27.2. The lowest BCUT2D eigenvalue weighted by atomic mass is 10.0. The van der Waals surface area contributed by atoms with E-state index in [-0.39, 0.29) is 0 Å². The molecule has 0 bridgehead atoms. The number of rotatable bonds is 4. The van der Waals surface area contributed by atoms with Gasteiger partial charge in [-0.15, -0.1) is 0 Å². The molecule has 1 atom stereocenters. The van der Waals surface area contributed by atoms with Crippen LogP contribution >= 0.6 is 0 Å².